The molecule has 0 atom stereocenters. The Morgan fingerprint density at radius 3 is 2.83 bits per heavy atom. The minimum atomic E-state index is -0.420. The number of carbonyl (C=O) groups excluding carboxylic acids is 1. The SMILES string of the molecule is Nc1nccnc1C(=O)Nc1cnn(Cc2ccccc2Br)c1. The molecular formula is C15H13BrN6O. The van der Waals surface area contributed by atoms with Crippen molar-refractivity contribution >= 4 is 33.3 Å². The lowest BCUT2D eigenvalue weighted by Crippen LogP contribution is -2.16. The first-order valence-electron chi connectivity index (χ1n) is 6.77. The second-order valence-corrected chi connectivity index (χ2v) is 5.62. The highest BCUT2D eigenvalue weighted by molar-refractivity contribution is 9.10. The molecule has 0 radical (unpaired) electrons. The molecule has 0 unspecified atom stereocenters. The fraction of sp³-hybridized carbons (Fsp3) is 0.0667. The third-order valence-electron chi connectivity index (χ3n) is 3.12. The number of amides is 1. The summed E-state index contributed by atoms with van der Waals surface area (Å²) in [5.74, 6) is -0.332. The van der Waals surface area contributed by atoms with Crippen molar-refractivity contribution in [1.29, 1.82) is 0 Å². The van der Waals surface area contributed by atoms with Gasteiger partial charge < -0.3 is 11.1 Å². The van der Waals surface area contributed by atoms with Gasteiger partial charge in [-0.3, -0.25) is 9.48 Å². The average molecular weight is 373 g/mol. The molecule has 2 aromatic heterocycles. The smallest absolute Gasteiger partial charge is 0.278 e. The molecule has 0 saturated heterocycles. The maximum absolute atomic E-state index is 12.1. The van der Waals surface area contributed by atoms with E-state index < -0.39 is 5.91 Å². The van der Waals surface area contributed by atoms with Gasteiger partial charge in [-0.05, 0) is 11.6 Å². The van der Waals surface area contributed by atoms with Gasteiger partial charge in [0.25, 0.3) is 5.91 Å². The Balaban J connectivity index is 1.72. The summed E-state index contributed by atoms with van der Waals surface area (Å²) in [5, 5.41) is 6.94. The largest absolute Gasteiger partial charge is 0.382 e. The van der Waals surface area contributed by atoms with E-state index in [2.05, 4.69) is 36.3 Å². The zero-order chi connectivity index (χ0) is 16.2. The van der Waals surface area contributed by atoms with Crippen LogP contribution in [0.3, 0.4) is 0 Å². The molecule has 3 aromatic rings. The van der Waals surface area contributed by atoms with Gasteiger partial charge in [-0.2, -0.15) is 5.10 Å². The Bertz CT molecular complexity index is 847. The third-order valence-corrected chi connectivity index (χ3v) is 3.90. The van der Waals surface area contributed by atoms with Crippen LogP contribution in [0.25, 0.3) is 0 Å². The molecule has 3 N–H and O–H groups in total. The first kappa shape index (κ1) is 15.2. The third kappa shape index (κ3) is 3.54. The number of nitrogens with two attached hydrogens (primary N) is 1. The normalized spacial score (nSPS) is 10.5. The van der Waals surface area contributed by atoms with Crippen LogP contribution >= 0.6 is 15.9 Å². The van der Waals surface area contributed by atoms with E-state index in [4.69, 9.17) is 5.73 Å². The Hall–Kier alpha value is -2.74. The predicted molar refractivity (Wildman–Crippen MR) is 89.9 cm³/mol. The summed E-state index contributed by atoms with van der Waals surface area (Å²) in [5.41, 5.74) is 7.38. The molecule has 23 heavy (non-hydrogen) atoms. The molecule has 3 rings (SSSR count). The number of aromatic nitrogens is 4. The van der Waals surface area contributed by atoms with Gasteiger partial charge >= 0.3 is 0 Å². The van der Waals surface area contributed by atoms with Crippen molar-refractivity contribution in [2.75, 3.05) is 11.1 Å². The van der Waals surface area contributed by atoms with Gasteiger partial charge in [0.1, 0.15) is 0 Å². The fourth-order valence-corrected chi connectivity index (χ4v) is 2.44. The van der Waals surface area contributed by atoms with Crippen LogP contribution in [0.2, 0.25) is 0 Å². The van der Waals surface area contributed by atoms with Crippen LogP contribution in [-0.4, -0.2) is 25.7 Å². The van der Waals surface area contributed by atoms with Crippen LogP contribution in [0.4, 0.5) is 11.5 Å². The lowest BCUT2D eigenvalue weighted by atomic mass is 10.2. The van der Waals surface area contributed by atoms with E-state index in [-0.39, 0.29) is 11.5 Å². The summed E-state index contributed by atoms with van der Waals surface area (Å²) < 4.78 is 2.74. The molecule has 7 nitrogen and oxygen atoms in total. The topological polar surface area (TPSA) is 98.7 Å². The minimum absolute atomic E-state index is 0.0885. The molecular weight excluding hydrogens is 360 g/mol. The molecule has 8 heteroatoms. The standard InChI is InChI=1S/C15H13BrN6O/c16-12-4-2-1-3-10(12)8-22-9-11(7-20-22)21-15(23)13-14(17)19-6-5-18-13/h1-7,9H,8H2,(H2,17,19)(H,21,23). The van der Waals surface area contributed by atoms with E-state index in [1.165, 1.54) is 12.4 Å². The Morgan fingerprint density at radius 1 is 1.26 bits per heavy atom. The number of nitrogen functional groups attached to an aromatic ring is 1. The minimum Gasteiger partial charge on any atom is -0.382 e. The van der Waals surface area contributed by atoms with Gasteiger partial charge in [0.2, 0.25) is 0 Å². The van der Waals surface area contributed by atoms with Gasteiger partial charge in [0.15, 0.2) is 11.5 Å². The molecule has 116 valence electrons. The van der Waals surface area contributed by atoms with Crippen LogP contribution in [0.5, 0.6) is 0 Å². The quantitative estimate of drug-likeness (QED) is 0.731. The lowest BCUT2D eigenvalue weighted by molar-refractivity contribution is 0.102. The molecule has 0 saturated carbocycles. The lowest BCUT2D eigenvalue weighted by Gasteiger charge is -2.04. The van der Waals surface area contributed by atoms with Gasteiger partial charge in [-0.15, -0.1) is 0 Å². The van der Waals surface area contributed by atoms with Crippen molar-refractivity contribution in [2.45, 2.75) is 6.54 Å². The summed E-state index contributed by atoms with van der Waals surface area (Å²) >= 11 is 3.50. The van der Waals surface area contributed by atoms with E-state index in [1.807, 2.05) is 24.3 Å². The number of nitrogens with zero attached hydrogens (tertiary/aromatic N) is 4. The monoisotopic (exact) mass is 372 g/mol. The molecule has 0 aliphatic heterocycles. The second kappa shape index (κ2) is 6.57. The highest BCUT2D eigenvalue weighted by atomic mass is 79.9. The van der Waals surface area contributed by atoms with Crippen molar-refractivity contribution in [2.24, 2.45) is 0 Å². The van der Waals surface area contributed by atoms with Gasteiger partial charge in [-0.1, -0.05) is 34.1 Å². The van der Waals surface area contributed by atoms with E-state index in [0.717, 1.165) is 10.0 Å². The highest BCUT2D eigenvalue weighted by Crippen LogP contribution is 2.18. The molecule has 0 aliphatic rings. The summed E-state index contributed by atoms with van der Waals surface area (Å²) in [4.78, 5) is 19.9. The Labute approximate surface area is 140 Å². The zero-order valence-electron chi connectivity index (χ0n) is 12.0. The predicted octanol–water partition coefficient (Wildman–Crippen LogP) is 2.32. The molecule has 0 bridgehead atoms. The number of halogens is 1. The number of benzene rings is 1. The van der Waals surface area contributed by atoms with E-state index in [1.54, 1.807) is 17.1 Å². The Morgan fingerprint density at radius 2 is 2.04 bits per heavy atom. The van der Waals surface area contributed by atoms with Crippen LogP contribution in [-0.2, 0) is 6.54 Å². The average Bonchev–Trinajstić information content (AvgIpc) is 2.97. The first-order valence-corrected chi connectivity index (χ1v) is 7.56. The maximum atomic E-state index is 12.1. The van der Waals surface area contributed by atoms with Crippen LogP contribution < -0.4 is 11.1 Å². The summed E-state index contributed by atoms with van der Waals surface area (Å²) in [6.45, 7) is 0.588. The molecule has 2 heterocycles. The highest BCUT2D eigenvalue weighted by Gasteiger charge is 2.13. The molecule has 0 spiro atoms. The first-order chi connectivity index (χ1) is 11.1. The number of carbonyl (C=O) groups is 1. The Kier molecular flexibility index (Phi) is 4.33. The second-order valence-electron chi connectivity index (χ2n) is 4.76. The van der Waals surface area contributed by atoms with E-state index in [9.17, 15) is 4.79 Å². The number of rotatable bonds is 4. The van der Waals surface area contributed by atoms with E-state index in [0.29, 0.717) is 12.2 Å². The number of anilines is 2. The van der Waals surface area contributed by atoms with Crippen molar-refractivity contribution < 1.29 is 4.79 Å². The zero-order valence-corrected chi connectivity index (χ0v) is 13.6. The molecule has 1 aromatic carbocycles. The molecule has 0 fully saturated rings. The molecule has 0 aliphatic carbocycles. The van der Waals surface area contributed by atoms with Crippen LogP contribution in [0.15, 0.2) is 53.5 Å². The van der Waals surface area contributed by atoms with E-state index >= 15 is 0 Å². The summed E-state index contributed by atoms with van der Waals surface area (Å²) in [7, 11) is 0. The number of hydrogen-bond acceptors (Lipinski definition) is 5. The number of nitrogens with one attached hydrogen (secondary N) is 1. The van der Waals surface area contributed by atoms with Crippen LogP contribution in [0, 0.1) is 0 Å². The van der Waals surface area contributed by atoms with Gasteiger partial charge in [0, 0.05) is 23.1 Å². The van der Waals surface area contributed by atoms with Crippen molar-refractivity contribution in [1.82, 2.24) is 19.7 Å². The van der Waals surface area contributed by atoms with Crippen molar-refractivity contribution in [3.8, 4) is 0 Å². The van der Waals surface area contributed by atoms with Gasteiger partial charge in [0.05, 0.1) is 18.4 Å². The van der Waals surface area contributed by atoms with Crippen LogP contribution in [0.1, 0.15) is 16.1 Å². The molecule has 1 amide bonds. The fourth-order valence-electron chi connectivity index (χ4n) is 2.03. The summed E-state index contributed by atoms with van der Waals surface area (Å²) in [6, 6.07) is 7.89. The maximum Gasteiger partial charge on any atom is 0.278 e. The van der Waals surface area contributed by atoms with Crippen molar-refractivity contribution in [3.05, 3.63) is 64.8 Å². The van der Waals surface area contributed by atoms with Gasteiger partial charge in [-0.25, -0.2) is 9.97 Å². The summed E-state index contributed by atoms with van der Waals surface area (Å²) in [6.07, 6.45) is 6.16. The number of hydrogen-bond donors (Lipinski definition) is 2. The van der Waals surface area contributed by atoms with Crippen molar-refractivity contribution in [3.63, 3.8) is 0 Å².